The number of amides is 4. The monoisotopic (exact) mass is 686 g/mol. The van der Waals surface area contributed by atoms with E-state index in [1.807, 2.05) is 6.07 Å². The fourth-order valence-corrected chi connectivity index (χ4v) is 4.56. The van der Waals surface area contributed by atoms with Crippen LogP contribution in [0.1, 0.15) is 50.2 Å². The average Bonchev–Trinajstić information content (AvgIpc) is 3.05. The van der Waals surface area contributed by atoms with Crippen LogP contribution in [0.25, 0.3) is 0 Å². The van der Waals surface area contributed by atoms with E-state index in [1.165, 1.54) is 0 Å². The van der Waals surface area contributed by atoms with Gasteiger partial charge in [-0.3, -0.25) is 19.2 Å². The SMILES string of the molecule is C[C@@H](Cc1ccc(OCC(=O)N[C@@H](Cc2ccccc2)C(=O)NCCCC[C@H](NC(=O)N[C@@H](CCC(=O)O)C(=O)O)C(=O)O)cc1)C(=O)O. The lowest BCUT2D eigenvalue weighted by atomic mass is 10.0. The van der Waals surface area contributed by atoms with Crippen LogP contribution in [0.5, 0.6) is 5.75 Å². The Morgan fingerprint density at radius 3 is 1.84 bits per heavy atom. The zero-order valence-electron chi connectivity index (χ0n) is 26.9. The average molecular weight is 687 g/mol. The molecule has 4 amide bonds. The number of rotatable bonds is 22. The minimum Gasteiger partial charge on any atom is -0.484 e. The van der Waals surface area contributed by atoms with Crippen molar-refractivity contribution < 1.29 is 58.7 Å². The van der Waals surface area contributed by atoms with Crippen LogP contribution in [0.3, 0.4) is 0 Å². The second-order valence-electron chi connectivity index (χ2n) is 11.3. The molecule has 8 N–H and O–H groups in total. The van der Waals surface area contributed by atoms with Crippen molar-refractivity contribution in [2.24, 2.45) is 5.92 Å². The van der Waals surface area contributed by atoms with Crippen molar-refractivity contribution >= 4 is 41.7 Å². The Kier molecular flexibility index (Phi) is 16.6. The molecule has 0 fully saturated rings. The minimum absolute atomic E-state index is 0.0490. The summed E-state index contributed by atoms with van der Waals surface area (Å²) >= 11 is 0. The summed E-state index contributed by atoms with van der Waals surface area (Å²) in [5.41, 5.74) is 1.59. The van der Waals surface area contributed by atoms with Crippen molar-refractivity contribution in [2.45, 2.75) is 70.0 Å². The van der Waals surface area contributed by atoms with Gasteiger partial charge < -0.3 is 46.4 Å². The highest BCUT2D eigenvalue weighted by atomic mass is 16.5. The molecule has 0 bridgehead atoms. The van der Waals surface area contributed by atoms with Gasteiger partial charge in [-0.05, 0) is 55.4 Å². The van der Waals surface area contributed by atoms with Crippen molar-refractivity contribution in [3.05, 3.63) is 65.7 Å². The van der Waals surface area contributed by atoms with Crippen LogP contribution in [0.4, 0.5) is 4.79 Å². The normalized spacial score (nSPS) is 13.1. The van der Waals surface area contributed by atoms with Crippen LogP contribution >= 0.6 is 0 Å². The molecule has 16 heteroatoms. The smallest absolute Gasteiger partial charge is 0.326 e. The first-order valence-electron chi connectivity index (χ1n) is 15.5. The number of carboxylic acid groups (broad SMARTS) is 4. The van der Waals surface area contributed by atoms with Crippen molar-refractivity contribution in [2.75, 3.05) is 13.2 Å². The van der Waals surface area contributed by atoms with E-state index in [-0.39, 0.29) is 38.8 Å². The van der Waals surface area contributed by atoms with Crippen LogP contribution in [0.2, 0.25) is 0 Å². The van der Waals surface area contributed by atoms with E-state index >= 15 is 0 Å². The highest BCUT2D eigenvalue weighted by Gasteiger charge is 2.25. The lowest BCUT2D eigenvalue weighted by molar-refractivity contribution is -0.142. The van der Waals surface area contributed by atoms with Crippen molar-refractivity contribution in [3.63, 3.8) is 0 Å². The number of ether oxygens (including phenoxy) is 1. The van der Waals surface area contributed by atoms with E-state index in [9.17, 15) is 43.8 Å². The van der Waals surface area contributed by atoms with Gasteiger partial charge in [-0.1, -0.05) is 49.4 Å². The number of aliphatic carboxylic acids is 4. The lowest BCUT2D eigenvalue weighted by Gasteiger charge is -2.20. The van der Waals surface area contributed by atoms with E-state index in [0.29, 0.717) is 18.6 Å². The topological polar surface area (TPSA) is 258 Å². The molecule has 0 unspecified atom stereocenters. The summed E-state index contributed by atoms with van der Waals surface area (Å²) < 4.78 is 5.55. The number of hydrogen-bond acceptors (Lipinski definition) is 8. The van der Waals surface area contributed by atoms with E-state index < -0.39 is 72.2 Å². The highest BCUT2D eigenvalue weighted by Crippen LogP contribution is 2.15. The molecular weight excluding hydrogens is 644 g/mol. The summed E-state index contributed by atoms with van der Waals surface area (Å²) in [6.07, 6.45) is 0.126. The first-order valence-corrected chi connectivity index (χ1v) is 15.5. The number of carbonyl (C=O) groups excluding carboxylic acids is 3. The standard InChI is InChI=1S/C33H42N4O12/c1-20(30(42)43)17-22-10-12-23(13-11-22)49-19-27(38)35-26(18-21-7-3-2-4-8-21)29(41)34-16-6-5-9-24(31(44)45)36-33(48)37-25(32(46)47)14-15-28(39)40/h2-4,7-8,10-13,20,24-26H,5-6,9,14-19H2,1H3,(H,34,41)(H,35,38)(H,39,40)(H,42,43)(H,44,45)(H,46,47)(H2,36,37,48)/t20-,24-,25-,26-/m0/s1. The van der Waals surface area contributed by atoms with Gasteiger partial charge in [0.15, 0.2) is 6.61 Å². The van der Waals surface area contributed by atoms with Gasteiger partial charge in [0.05, 0.1) is 5.92 Å². The Hall–Kier alpha value is -5.67. The summed E-state index contributed by atoms with van der Waals surface area (Å²) in [6, 6.07) is 10.7. The molecule has 2 aromatic rings. The van der Waals surface area contributed by atoms with Crippen LogP contribution < -0.4 is 26.0 Å². The third-order valence-electron chi connectivity index (χ3n) is 7.26. The molecule has 2 rings (SSSR count). The van der Waals surface area contributed by atoms with Gasteiger partial charge in [0.1, 0.15) is 23.9 Å². The molecule has 16 nitrogen and oxygen atoms in total. The second kappa shape index (κ2) is 20.5. The fourth-order valence-electron chi connectivity index (χ4n) is 4.56. The van der Waals surface area contributed by atoms with E-state index in [4.69, 9.17) is 14.9 Å². The first-order chi connectivity index (χ1) is 23.2. The molecule has 266 valence electrons. The molecule has 0 saturated carbocycles. The molecule has 0 radical (unpaired) electrons. The predicted molar refractivity (Wildman–Crippen MR) is 173 cm³/mol. The molecule has 0 saturated heterocycles. The number of urea groups is 1. The van der Waals surface area contributed by atoms with Gasteiger partial charge in [0.2, 0.25) is 5.91 Å². The van der Waals surface area contributed by atoms with Gasteiger partial charge in [0.25, 0.3) is 5.91 Å². The van der Waals surface area contributed by atoms with Crippen LogP contribution in [0.15, 0.2) is 54.6 Å². The largest absolute Gasteiger partial charge is 0.484 e. The van der Waals surface area contributed by atoms with Crippen LogP contribution in [-0.2, 0) is 41.6 Å². The molecule has 0 aliphatic rings. The number of unbranched alkanes of at least 4 members (excludes halogenated alkanes) is 1. The van der Waals surface area contributed by atoms with Gasteiger partial charge in [-0.2, -0.15) is 0 Å². The number of carbonyl (C=O) groups is 7. The Morgan fingerprint density at radius 2 is 1.27 bits per heavy atom. The molecule has 0 aliphatic carbocycles. The third kappa shape index (κ3) is 15.6. The maximum atomic E-state index is 13.1. The number of nitrogens with one attached hydrogen (secondary N) is 4. The molecule has 0 spiro atoms. The number of benzene rings is 2. The minimum atomic E-state index is -1.52. The van der Waals surface area contributed by atoms with Gasteiger partial charge in [-0.25, -0.2) is 14.4 Å². The van der Waals surface area contributed by atoms with Crippen molar-refractivity contribution in [1.82, 2.24) is 21.3 Å². The number of hydrogen-bond donors (Lipinski definition) is 8. The van der Waals surface area contributed by atoms with Crippen LogP contribution in [-0.4, -0.2) is 93.4 Å². The van der Waals surface area contributed by atoms with E-state index in [2.05, 4.69) is 21.3 Å². The van der Waals surface area contributed by atoms with Crippen molar-refractivity contribution in [1.29, 1.82) is 0 Å². The van der Waals surface area contributed by atoms with E-state index in [0.717, 1.165) is 11.1 Å². The number of carboxylic acids is 4. The fraction of sp³-hybridized carbons (Fsp3) is 0.424. The van der Waals surface area contributed by atoms with Gasteiger partial charge in [0, 0.05) is 19.4 Å². The van der Waals surface area contributed by atoms with Crippen molar-refractivity contribution in [3.8, 4) is 5.75 Å². The van der Waals surface area contributed by atoms with Gasteiger partial charge in [-0.15, -0.1) is 0 Å². The lowest BCUT2D eigenvalue weighted by Crippen LogP contribution is -2.51. The quantitative estimate of drug-likeness (QED) is 0.0818. The Labute approximate surface area is 282 Å². The third-order valence-corrected chi connectivity index (χ3v) is 7.26. The zero-order valence-corrected chi connectivity index (χ0v) is 26.9. The zero-order chi connectivity index (χ0) is 36.3. The second-order valence-corrected chi connectivity index (χ2v) is 11.3. The molecular formula is C33H42N4O12. The summed E-state index contributed by atoms with van der Waals surface area (Å²) in [7, 11) is 0. The molecule has 0 aromatic heterocycles. The summed E-state index contributed by atoms with van der Waals surface area (Å²) in [5, 5.41) is 46.1. The molecule has 0 aliphatic heterocycles. The molecule has 0 heterocycles. The summed E-state index contributed by atoms with van der Waals surface area (Å²) in [4.78, 5) is 82.8. The van der Waals surface area contributed by atoms with E-state index in [1.54, 1.807) is 55.5 Å². The first kappa shape index (κ1) is 39.5. The summed E-state index contributed by atoms with van der Waals surface area (Å²) in [5.74, 6) is -6.20. The molecule has 4 atom stereocenters. The maximum absolute atomic E-state index is 13.1. The maximum Gasteiger partial charge on any atom is 0.326 e. The van der Waals surface area contributed by atoms with Gasteiger partial charge >= 0.3 is 29.9 Å². The molecule has 49 heavy (non-hydrogen) atoms. The Morgan fingerprint density at radius 1 is 0.673 bits per heavy atom. The van der Waals surface area contributed by atoms with Crippen LogP contribution in [0, 0.1) is 5.92 Å². The summed E-state index contributed by atoms with van der Waals surface area (Å²) in [6.45, 7) is 1.34. The Balaban J connectivity index is 1.87. The Bertz CT molecular complexity index is 1430. The highest BCUT2D eigenvalue weighted by molar-refractivity contribution is 5.88. The predicted octanol–water partition coefficient (Wildman–Crippen LogP) is 1.41. The molecule has 2 aromatic carbocycles.